The summed E-state index contributed by atoms with van der Waals surface area (Å²) in [7, 11) is 0. The number of nitrogens with zero attached hydrogens (tertiary/aromatic N) is 3. The van der Waals surface area contributed by atoms with Crippen LogP contribution in [0.2, 0.25) is 0 Å². The Kier molecular flexibility index (Phi) is 5.91. The van der Waals surface area contributed by atoms with Crippen molar-refractivity contribution in [2.24, 2.45) is 5.92 Å². The van der Waals surface area contributed by atoms with Crippen LogP contribution >= 0.6 is 11.8 Å². The first-order chi connectivity index (χ1) is 13.0. The minimum atomic E-state index is -0.197. The van der Waals surface area contributed by atoms with Gasteiger partial charge in [0, 0.05) is 12.2 Å². The van der Waals surface area contributed by atoms with Gasteiger partial charge < -0.3 is 5.32 Å². The fraction of sp³-hybridized carbons (Fsp3) is 0.300. The summed E-state index contributed by atoms with van der Waals surface area (Å²) in [6.07, 6.45) is 1.60. The van der Waals surface area contributed by atoms with Crippen molar-refractivity contribution in [3.05, 3.63) is 59.0 Å². The highest BCUT2D eigenvalue weighted by Gasteiger charge is 2.16. The number of rotatable bonds is 6. The van der Waals surface area contributed by atoms with E-state index in [9.17, 15) is 9.59 Å². The summed E-state index contributed by atoms with van der Waals surface area (Å²) in [5.74, 6) is 0.440. The Labute approximate surface area is 162 Å². The third-order valence-electron chi connectivity index (χ3n) is 4.35. The van der Waals surface area contributed by atoms with Crippen LogP contribution in [0.4, 0.5) is 0 Å². The van der Waals surface area contributed by atoms with Gasteiger partial charge in [-0.15, -0.1) is 0 Å². The maximum absolute atomic E-state index is 13.0. The number of pyridine rings is 1. The molecule has 0 unspecified atom stereocenters. The number of thioether (sulfide) groups is 1. The molecule has 1 atom stereocenters. The number of aromatic nitrogens is 3. The quantitative estimate of drug-likeness (QED) is 0.524. The number of hydrogen-bond acceptors (Lipinski definition) is 5. The second-order valence-corrected chi connectivity index (χ2v) is 7.58. The van der Waals surface area contributed by atoms with Gasteiger partial charge in [-0.2, -0.15) is 0 Å². The van der Waals surface area contributed by atoms with E-state index in [2.05, 4.69) is 29.1 Å². The van der Waals surface area contributed by atoms with Gasteiger partial charge >= 0.3 is 0 Å². The second kappa shape index (κ2) is 8.35. The van der Waals surface area contributed by atoms with E-state index in [1.807, 2.05) is 37.3 Å². The Morgan fingerprint density at radius 2 is 1.89 bits per heavy atom. The van der Waals surface area contributed by atoms with Crippen LogP contribution in [0.1, 0.15) is 20.8 Å². The van der Waals surface area contributed by atoms with Gasteiger partial charge in [0.2, 0.25) is 5.91 Å². The maximum Gasteiger partial charge on any atom is 0.268 e. The molecule has 0 aliphatic carbocycles. The van der Waals surface area contributed by atoms with Gasteiger partial charge in [-0.1, -0.05) is 43.8 Å². The van der Waals surface area contributed by atoms with Gasteiger partial charge in [-0.3, -0.25) is 14.2 Å². The minimum absolute atomic E-state index is 0.0839. The maximum atomic E-state index is 13.0. The first-order valence-corrected chi connectivity index (χ1v) is 9.81. The van der Waals surface area contributed by atoms with E-state index in [-0.39, 0.29) is 23.3 Å². The van der Waals surface area contributed by atoms with E-state index in [0.29, 0.717) is 27.8 Å². The summed E-state index contributed by atoms with van der Waals surface area (Å²) in [4.78, 5) is 34.0. The molecule has 7 heteroatoms. The van der Waals surface area contributed by atoms with E-state index in [4.69, 9.17) is 0 Å². The standard InChI is InChI=1S/C20H22N4O2S/c1-13(2)14(3)22-17(25)12-27-20-23-18-16(10-7-11-21-18)19(26)24(20)15-8-5-4-6-9-15/h4-11,13-14H,12H2,1-3H3,(H,22,25)/t14-/m0/s1. The summed E-state index contributed by atoms with van der Waals surface area (Å²) in [5.41, 5.74) is 0.894. The van der Waals surface area contributed by atoms with Crippen molar-refractivity contribution in [1.29, 1.82) is 0 Å². The number of carbonyl (C=O) groups excluding carboxylic acids is 1. The average Bonchev–Trinajstić information content (AvgIpc) is 2.67. The van der Waals surface area contributed by atoms with Crippen LogP contribution in [0.3, 0.4) is 0 Å². The largest absolute Gasteiger partial charge is 0.353 e. The van der Waals surface area contributed by atoms with Gasteiger partial charge in [0.1, 0.15) is 0 Å². The molecule has 0 saturated carbocycles. The lowest BCUT2D eigenvalue weighted by Gasteiger charge is -2.17. The number of hydrogen-bond donors (Lipinski definition) is 1. The predicted molar refractivity (Wildman–Crippen MR) is 108 cm³/mol. The molecule has 27 heavy (non-hydrogen) atoms. The molecule has 1 N–H and O–H groups in total. The van der Waals surface area contributed by atoms with Crippen molar-refractivity contribution in [3.63, 3.8) is 0 Å². The highest BCUT2D eigenvalue weighted by molar-refractivity contribution is 7.99. The van der Waals surface area contributed by atoms with Crippen molar-refractivity contribution >= 4 is 28.7 Å². The highest BCUT2D eigenvalue weighted by atomic mass is 32.2. The third kappa shape index (κ3) is 4.36. The molecule has 140 valence electrons. The van der Waals surface area contributed by atoms with Crippen molar-refractivity contribution in [3.8, 4) is 5.69 Å². The van der Waals surface area contributed by atoms with Crippen LogP contribution < -0.4 is 10.9 Å². The van der Waals surface area contributed by atoms with Gasteiger partial charge in [-0.05, 0) is 37.1 Å². The lowest BCUT2D eigenvalue weighted by Crippen LogP contribution is -2.37. The molecule has 0 fully saturated rings. The molecular formula is C20H22N4O2S. The van der Waals surface area contributed by atoms with Crippen LogP contribution in [-0.2, 0) is 4.79 Å². The van der Waals surface area contributed by atoms with Gasteiger partial charge in [0.15, 0.2) is 10.8 Å². The van der Waals surface area contributed by atoms with Gasteiger partial charge in [0.05, 0.1) is 16.8 Å². The highest BCUT2D eigenvalue weighted by Crippen LogP contribution is 2.20. The topological polar surface area (TPSA) is 76.9 Å². The fourth-order valence-electron chi connectivity index (χ4n) is 2.49. The molecule has 0 aliphatic rings. The van der Waals surface area contributed by atoms with Gasteiger partial charge in [-0.25, -0.2) is 9.97 Å². The predicted octanol–water partition coefficient (Wildman–Crippen LogP) is 3.03. The van der Waals surface area contributed by atoms with E-state index in [0.717, 1.165) is 0 Å². The zero-order chi connectivity index (χ0) is 19.4. The molecule has 2 heterocycles. The number of benzene rings is 1. The minimum Gasteiger partial charge on any atom is -0.353 e. The zero-order valence-electron chi connectivity index (χ0n) is 15.5. The normalized spacial score (nSPS) is 12.3. The van der Waals surface area contributed by atoms with E-state index in [1.54, 1.807) is 18.3 Å². The molecule has 1 aromatic carbocycles. The molecule has 0 radical (unpaired) electrons. The molecule has 0 saturated heterocycles. The first-order valence-electron chi connectivity index (χ1n) is 8.82. The Hall–Kier alpha value is -2.67. The summed E-state index contributed by atoms with van der Waals surface area (Å²) < 4.78 is 1.54. The Bertz CT molecular complexity index is 1000. The Balaban J connectivity index is 1.96. The van der Waals surface area contributed by atoms with Crippen LogP contribution in [0.25, 0.3) is 16.7 Å². The summed E-state index contributed by atoms with van der Waals surface area (Å²) >= 11 is 1.23. The van der Waals surface area contributed by atoms with Crippen molar-refractivity contribution in [1.82, 2.24) is 19.9 Å². The molecule has 0 aliphatic heterocycles. The molecule has 1 amide bonds. The number of nitrogens with one attached hydrogen (secondary N) is 1. The van der Waals surface area contributed by atoms with Crippen LogP contribution in [-0.4, -0.2) is 32.2 Å². The van der Waals surface area contributed by atoms with Crippen molar-refractivity contribution in [2.75, 3.05) is 5.75 Å². The molecule has 3 rings (SSSR count). The fourth-order valence-corrected chi connectivity index (χ4v) is 3.31. The van der Waals surface area contributed by atoms with Crippen LogP contribution in [0.15, 0.2) is 58.6 Å². The number of fused-ring (bicyclic) bond motifs is 1. The van der Waals surface area contributed by atoms with Crippen LogP contribution in [0.5, 0.6) is 0 Å². The lowest BCUT2D eigenvalue weighted by molar-refractivity contribution is -0.119. The first kappa shape index (κ1) is 19.1. The van der Waals surface area contributed by atoms with E-state index >= 15 is 0 Å². The summed E-state index contributed by atoms with van der Waals surface area (Å²) in [5, 5.41) is 3.87. The molecular weight excluding hydrogens is 360 g/mol. The van der Waals surface area contributed by atoms with Crippen molar-refractivity contribution in [2.45, 2.75) is 32.0 Å². The average molecular weight is 382 g/mol. The van der Waals surface area contributed by atoms with Crippen LogP contribution in [0, 0.1) is 5.92 Å². The summed E-state index contributed by atoms with van der Waals surface area (Å²) in [6.45, 7) is 6.09. The third-order valence-corrected chi connectivity index (χ3v) is 5.29. The number of amides is 1. The van der Waals surface area contributed by atoms with E-state index < -0.39 is 0 Å². The monoisotopic (exact) mass is 382 g/mol. The second-order valence-electron chi connectivity index (χ2n) is 6.63. The zero-order valence-corrected chi connectivity index (χ0v) is 16.4. The smallest absolute Gasteiger partial charge is 0.268 e. The SMILES string of the molecule is CC(C)[C@H](C)NC(=O)CSc1nc2ncccc2c(=O)n1-c1ccccc1. The molecule has 0 bridgehead atoms. The van der Waals surface area contributed by atoms with Gasteiger partial charge in [0.25, 0.3) is 5.56 Å². The molecule has 6 nitrogen and oxygen atoms in total. The summed E-state index contributed by atoms with van der Waals surface area (Å²) in [6, 6.07) is 12.8. The Morgan fingerprint density at radius 1 is 1.15 bits per heavy atom. The van der Waals surface area contributed by atoms with Crippen molar-refractivity contribution < 1.29 is 4.79 Å². The molecule has 0 spiro atoms. The Morgan fingerprint density at radius 3 is 2.59 bits per heavy atom. The number of carbonyl (C=O) groups is 1. The number of para-hydroxylation sites is 1. The van der Waals surface area contributed by atoms with E-state index in [1.165, 1.54) is 16.3 Å². The molecule has 2 aromatic heterocycles. The lowest BCUT2D eigenvalue weighted by atomic mass is 10.1. The molecule has 3 aromatic rings.